The summed E-state index contributed by atoms with van der Waals surface area (Å²) in [6.07, 6.45) is 5.19. The molecule has 1 saturated carbocycles. The van der Waals surface area contributed by atoms with Crippen LogP contribution in [-0.2, 0) is 22.7 Å². The van der Waals surface area contributed by atoms with Crippen molar-refractivity contribution in [2.75, 3.05) is 14.2 Å². The third kappa shape index (κ3) is 5.90. The van der Waals surface area contributed by atoms with E-state index in [0.717, 1.165) is 36.1 Å². The minimum atomic E-state index is -0.943. The fourth-order valence-corrected chi connectivity index (χ4v) is 5.95. The van der Waals surface area contributed by atoms with Gasteiger partial charge in [-0.1, -0.05) is 54.8 Å². The third-order valence-electron chi connectivity index (χ3n) is 7.17. The Morgan fingerprint density at radius 1 is 1.05 bits per heavy atom. The molecule has 1 aliphatic rings. The largest absolute Gasteiger partial charge is 0.493 e. The molecule has 0 bridgehead atoms. The van der Waals surface area contributed by atoms with Gasteiger partial charge in [-0.25, -0.2) is 4.68 Å². The van der Waals surface area contributed by atoms with Gasteiger partial charge in [0.1, 0.15) is 18.1 Å². The molecule has 4 aromatic rings. The summed E-state index contributed by atoms with van der Waals surface area (Å²) >= 11 is 1.54. The molecular formula is C29H33N5O4S. The van der Waals surface area contributed by atoms with Gasteiger partial charge in [0, 0.05) is 16.5 Å². The highest BCUT2D eigenvalue weighted by atomic mass is 32.1. The van der Waals surface area contributed by atoms with E-state index in [1.54, 1.807) is 41.2 Å². The minimum absolute atomic E-state index is 0.0641. The van der Waals surface area contributed by atoms with Crippen molar-refractivity contribution >= 4 is 34.2 Å². The maximum absolute atomic E-state index is 14.1. The molecule has 5 rings (SSSR count). The van der Waals surface area contributed by atoms with Crippen LogP contribution in [0.5, 0.6) is 11.5 Å². The fourth-order valence-electron chi connectivity index (χ4n) is 5.25. The van der Waals surface area contributed by atoms with E-state index < -0.39 is 6.04 Å². The first-order valence-electron chi connectivity index (χ1n) is 13.2. The van der Waals surface area contributed by atoms with Crippen molar-refractivity contribution in [2.45, 2.75) is 57.3 Å². The lowest BCUT2D eigenvalue weighted by molar-refractivity contribution is -0.142. The van der Waals surface area contributed by atoms with E-state index in [9.17, 15) is 9.59 Å². The summed E-state index contributed by atoms with van der Waals surface area (Å²) in [5.41, 5.74) is 2.03. The number of carbonyl (C=O) groups is 2. The summed E-state index contributed by atoms with van der Waals surface area (Å²) in [5, 5.41) is 13.6. The van der Waals surface area contributed by atoms with E-state index in [2.05, 4.69) is 15.6 Å². The van der Waals surface area contributed by atoms with Crippen LogP contribution in [0, 0.1) is 0 Å². The molecule has 10 heteroatoms. The number of nitrogens with one attached hydrogen (secondary N) is 1. The molecule has 2 heterocycles. The second-order valence-electron chi connectivity index (χ2n) is 9.67. The summed E-state index contributed by atoms with van der Waals surface area (Å²) in [4.78, 5) is 30.9. The smallest absolute Gasteiger partial charge is 0.247 e. The summed E-state index contributed by atoms with van der Waals surface area (Å²) in [5.74, 6) is 0.435. The van der Waals surface area contributed by atoms with E-state index in [1.807, 2.05) is 53.9 Å². The van der Waals surface area contributed by atoms with E-state index in [1.165, 1.54) is 6.42 Å². The number of amides is 2. The molecular weight excluding hydrogens is 514 g/mol. The van der Waals surface area contributed by atoms with Gasteiger partial charge in [0.15, 0.2) is 11.5 Å². The zero-order valence-corrected chi connectivity index (χ0v) is 23.0. The van der Waals surface area contributed by atoms with Crippen LogP contribution in [0.15, 0.2) is 60.0 Å². The number of fused-ring (bicyclic) bond motifs is 1. The van der Waals surface area contributed by atoms with Gasteiger partial charge in [0.05, 0.1) is 26.3 Å². The number of nitrogens with zero attached hydrogens (tertiary/aromatic N) is 4. The van der Waals surface area contributed by atoms with Gasteiger partial charge < -0.3 is 19.7 Å². The predicted molar refractivity (Wildman–Crippen MR) is 150 cm³/mol. The molecule has 1 unspecified atom stereocenters. The van der Waals surface area contributed by atoms with Crippen LogP contribution in [0.4, 0.5) is 0 Å². The fraction of sp³-hybridized carbons (Fsp3) is 0.379. The maximum atomic E-state index is 14.1. The minimum Gasteiger partial charge on any atom is -0.493 e. The van der Waals surface area contributed by atoms with Crippen molar-refractivity contribution < 1.29 is 19.1 Å². The first-order valence-corrected chi connectivity index (χ1v) is 14.1. The van der Waals surface area contributed by atoms with Crippen molar-refractivity contribution in [3.05, 3.63) is 70.4 Å². The predicted octanol–water partition coefficient (Wildman–Crippen LogP) is 4.73. The molecule has 2 amide bonds. The van der Waals surface area contributed by atoms with Gasteiger partial charge in [-0.05, 0) is 42.5 Å². The van der Waals surface area contributed by atoms with Crippen molar-refractivity contribution in [3.63, 3.8) is 0 Å². The molecule has 2 aromatic heterocycles. The monoisotopic (exact) mass is 547 g/mol. The Morgan fingerprint density at radius 3 is 2.62 bits per heavy atom. The quantitative estimate of drug-likeness (QED) is 0.308. The molecule has 1 aliphatic carbocycles. The number of aromatic nitrogens is 3. The van der Waals surface area contributed by atoms with Gasteiger partial charge in [0.2, 0.25) is 11.8 Å². The second kappa shape index (κ2) is 12.3. The van der Waals surface area contributed by atoms with Gasteiger partial charge >= 0.3 is 0 Å². The normalized spacial score (nSPS) is 14.6. The number of hydrogen-bond acceptors (Lipinski definition) is 7. The second-order valence-corrected chi connectivity index (χ2v) is 10.7. The van der Waals surface area contributed by atoms with Crippen LogP contribution < -0.4 is 14.8 Å². The van der Waals surface area contributed by atoms with Crippen molar-refractivity contribution in [1.29, 1.82) is 0 Å². The van der Waals surface area contributed by atoms with E-state index in [0.29, 0.717) is 22.6 Å². The Labute approximate surface area is 231 Å². The molecule has 1 fully saturated rings. The number of ether oxygens (including phenoxy) is 2. The SMILES string of the molecule is COc1cccc(C(C(=O)NC2CCCCC2)N(Cc2cccs2)C(=O)Cn2nnc3ccccc32)c1OC. The summed E-state index contributed by atoms with van der Waals surface area (Å²) in [7, 11) is 3.10. The Hall–Kier alpha value is -3.92. The summed E-state index contributed by atoms with van der Waals surface area (Å²) < 4.78 is 12.9. The van der Waals surface area contributed by atoms with Gasteiger partial charge in [-0.2, -0.15) is 0 Å². The van der Waals surface area contributed by atoms with Crippen molar-refractivity contribution in [3.8, 4) is 11.5 Å². The number of carbonyl (C=O) groups excluding carboxylic acids is 2. The van der Waals surface area contributed by atoms with Crippen LogP contribution >= 0.6 is 11.3 Å². The number of para-hydroxylation sites is 2. The van der Waals surface area contributed by atoms with Crippen LogP contribution in [-0.4, -0.2) is 52.0 Å². The third-order valence-corrected chi connectivity index (χ3v) is 8.03. The number of benzene rings is 2. The Kier molecular flexibility index (Phi) is 8.41. The summed E-state index contributed by atoms with van der Waals surface area (Å²) in [6.45, 7) is 0.192. The van der Waals surface area contributed by atoms with E-state index in [4.69, 9.17) is 9.47 Å². The Morgan fingerprint density at radius 2 is 1.87 bits per heavy atom. The lowest BCUT2D eigenvalue weighted by Gasteiger charge is -2.34. The molecule has 1 atom stereocenters. The number of hydrogen-bond donors (Lipinski definition) is 1. The zero-order valence-electron chi connectivity index (χ0n) is 22.2. The maximum Gasteiger partial charge on any atom is 0.247 e. The Bertz CT molecular complexity index is 1410. The van der Waals surface area contributed by atoms with E-state index in [-0.39, 0.29) is 30.9 Å². The molecule has 204 valence electrons. The van der Waals surface area contributed by atoms with Crippen LogP contribution in [0.1, 0.15) is 48.6 Å². The molecule has 0 radical (unpaired) electrons. The number of rotatable bonds is 10. The highest BCUT2D eigenvalue weighted by Gasteiger charge is 2.36. The number of methoxy groups -OCH3 is 2. The number of thiophene rings is 1. The molecule has 2 aromatic carbocycles. The Balaban J connectivity index is 1.56. The molecule has 9 nitrogen and oxygen atoms in total. The van der Waals surface area contributed by atoms with Crippen LogP contribution in [0.25, 0.3) is 11.0 Å². The van der Waals surface area contributed by atoms with Crippen LogP contribution in [0.3, 0.4) is 0 Å². The van der Waals surface area contributed by atoms with Gasteiger partial charge in [-0.15, -0.1) is 16.4 Å². The molecule has 0 spiro atoms. The first kappa shape index (κ1) is 26.7. The average molecular weight is 548 g/mol. The highest BCUT2D eigenvalue weighted by Crippen LogP contribution is 2.38. The van der Waals surface area contributed by atoms with Crippen LogP contribution in [0.2, 0.25) is 0 Å². The topological polar surface area (TPSA) is 98.6 Å². The highest BCUT2D eigenvalue weighted by molar-refractivity contribution is 7.09. The molecule has 1 N–H and O–H groups in total. The molecule has 39 heavy (non-hydrogen) atoms. The molecule has 0 saturated heterocycles. The lowest BCUT2D eigenvalue weighted by Crippen LogP contribution is -2.47. The van der Waals surface area contributed by atoms with E-state index >= 15 is 0 Å². The molecule has 0 aliphatic heterocycles. The van der Waals surface area contributed by atoms with Crippen molar-refractivity contribution in [2.24, 2.45) is 0 Å². The lowest BCUT2D eigenvalue weighted by atomic mass is 9.94. The standard InChI is InChI=1S/C29H33N5O4S/c1-37-25-16-8-13-22(28(25)38-2)27(29(36)30-20-10-4-3-5-11-20)33(18-21-12-9-17-39-21)26(35)19-34-24-15-7-6-14-23(24)31-32-34/h6-9,12-17,20,27H,3-5,10-11,18-19H2,1-2H3,(H,30,36). The van der Waals surface area contributed by atoms with Crippen molar-refractivity contribution in [1.82, 2.24) is 25.2 Å². The zero-order chi connectivity index (χ0) is 27.2. The first-order chi connectivity index (χ1) is 19.1. The average Bonchev–Trinajstić information content (AvgIpc) is 3.63. The van der Waals surface area contributed by atoms with Gasteiger partial charge in [0.25, 0.3) is 0 Å². The summed E-state index contributed by atoms with van der Waals surface area (Å²) in [6, 6.07) is 16.0. The van der Waals surface area contributed by atoms with Gasteiger partial charge in [-0.3, -0.25) is 9.59 Å².